The summed E-state index contributed by atoms with van der Waals surface area (Å²) in [5.74, 6) is 0. The molecular formula is C14H19NO3S3. The van der Waals surface area contributed by atoms with Crippen LogP contribution in [0.3, 0.4) is 0 Å². The van der Waals surface area contributed by atoms with Crippen LogP contribution in [0, 0.1) is 0 Å². The van der Waals surface area contributed by atoms with Crippen molar-refractivity contribution in [2.24, 2.45) is 0 Å². The van der Waals surface area contributed by atoms with Crippen LogP contribution in [0.25, 0.3) is 0 Å². The van der Waals surface area contributed by atoms with Gasteiger partial charge in [-0.3, -0.25) is 0 Å². The van der Waals surface area contributed by atoms with Crippen LogP contribution in [-0.4, -0.2) is 26.7 Å². The molecule has 2 aromatic rings. The second-order valence-electron chi connectivity index (χ2n) is 5.38. The fourth-order valence-electron chi connectivity index (χ4n) is 1.84. The topological polar surface area (TPSA) is 66.4 Å². The van der Waals surface area contributed by atoms with Crippen LogP contribution in [0.4, 0.5) is 0 Å². The van der Waals surface area contributed by atoms with Crippen molar-refractivity contribution in [1.82, 2.24) is 4.72 Å². The summed E-state index contributed by atoms with van der Waals surface area (Å²) in [5.41, 5.74) is -0.244. The van der Waals surface area contributed by atoms with Crippen molar-refractivity contribution in [3.8, 4) is 0 Å². The predicted molar refractivity (Wildman–Crippen MR) is 87.6 cm³/mol. The van der Waals surface area contributed by atoms with Crippen LogP contribution >= 0.6 is 22.7 Å². The summed E-state index contributed by atoms with van der Waals surface area (Å²) in [7, 11) is -3.49. The summed E-state index contributed by atoms with van der Waals surface area (Å²) in [6.07, 6.45) is 0.487. The molecule has 0 saturated carbocycles. The summed E-state index contributed by atoms with van der Waals surface area (Å²) in [6.45, 7) is 4.42. The molecule has 0 spiro atoms. The maximum atomic E-state index is 12.3. The van der Waals surface area contributed by atoms with Gasteiger partial charge < -0.3 is 5.11 Å². The quantitative estimate of drug-likeness (QED) is 0.810. The second-order valence-corrected chi connectivity index (χ2v) is 9.49. The van der Waals surface area contributed by atoms with E-state index in [4.69, 9.17) is 5.11 Å². The van der Waals surface area contributed by atoms with Crippen LogP contribution in [0.2, 0.25) is 0 Å². The summed E-state index contributed by atoms with van der Waals surface area (Å²) in [4.78, 5) is 2.02. The molecule has 0 aliphatic rings. The first kappa shape index (κ1) is 16.6. The first-order valence-corrected chi connectivity index (χ1v) is 9.76. The number of hydrogen-bond donors (Lipinski definition) is 2. The van der Waals surface area contributed by atoms with E-state index in [0.717, 1.165) is 9.75 Å². The average Bonchev–Trinajstić information content (AvgIpc) is 3.08. The number of rotatable bonds is 7. The van der Waals surface area contributed by atoms with E-state index < -0.39 is 10.0 Å². The molecule has 0 aliphatic carbocycles. The predicted octanol–water partition coefficient (Wildman–Crippen LogP) is 2.60. The molecule has 2 rings (SSSR count). The Morgan fingerprint density at radius 1 is 1.29 bits per heavy atom. The van der Waals surface area contributed by atoms with Gasteiger partial charge in [0.15, 0.2) is 0 Å². The molecule has 0 aromatic carbocycles. The van der Waals surface area contributed by atoms with Gasteiger partial charge in [0.1, 0.15) is 4.21 Å². The van der Waals surface area contributed by atoms with Gasteiger partial charge in [0.2, 0.25) is 10.0 Å². The van der Waals surface area contributed by atoms with Gasteiger partial charge in [-0.15, -0.1) is 22.7 Å². The molecule has 0 unspecified atom stereocenters. The SMILES string of the molecule is CC(C)(CNS(=O)(=O)c1ccc(CCO)s1)c1cccs1. The molecule has 7 heteroatoms. The lowest BCUT2D eigenvalue weighted by Gasteiger charge is -2.23. The van der Waals surface area contributed by atoms with Crippen molar-refractivity contribution in [1.29, 1.82) is 0 Å². The highest BCUT2D eigenvalue weighted by molar-refractivity contribution is 7.91. The number of hydrogen-bond acceptors (Lipinski definition) is 5. The standard InChI is InChI=1S/C14H19NO3S3/c1-14(2,12-4-3-9-19-12)10-15-21(17,18)13-6-5-11(20-13)7-8-16/h3-6,9,15-16H,7-8,10H2,1-2H3. The minimum Gasteiger partial charge on any atom is -0.396 e. The number of thiophene rings is 2. The maximum absolute atomic E-state index is 12.3. The van der Waals surface area contributed by atoms with Gasteiger partial charge in [-0.2, -0.15) is 0 Å². The molecule has 2 aromatic heterocycles. The van der Waals surface area contributed by atoms with E-state index in [-0.39, 0.29) is 12.0 Å². The first-order valence-electron chi connectivity index (χ1n) is 6.58. The highest BCUT2D eigenvalue weighted by Gasteiger charge is 2.25. The molecule has 4 nitrogen and oxygen atoms in total. The Hall–Kier alpha value is -0.730. The van der Waals surface area contributed by atoms with E-state index in [1.165, 1.54) is 11.3 Å². The molecule has 21 heavy (non-hydrogen) atoms. The maximum Gasteiger partial charge on any atom is 0.250 e. The Morgan fingerprint density at radius 2 is 2.05 bits per heavy atom. The Kier molecular flexibility index (Phi) is 5.21. The lowest BCUT2D eigenvalue weighted by atomic mass is 9.92. The largest absolute Gasteiger partial charge is 0.396 e. The van der Waals surface area contributed by atoms with Gasteiger partial charge in [-0.25, -0.2) is 13.1 Å². The smallest absolute Gasteiger partial charge is 0.250 e. The highest BCUT2D eigenvalue weighted by Crippen LogP contribution is 2.28. The van der Waals surface area contributed by atoms with E-state index in [9.17, 15) is 8.42 Å². The van der Waals surface area contributed by atoms with E-state index in [0.29, 0.717) is 17.2 Å². The van der Waals surface area contributed by atoms with E-state index in [1.54, 1.807) is 23.5 Å². The fraction of sp³-hybridized carbons (Fsp3) is 0.429. The molecule has 0 atom stereocenters. The molecule has 0 radical (unpaired) electrons. The molecule has 0 aliphatic heterocycles. The van der Waals surface area contributed by atoms with Crippen molar-refractivity contribution in [2.45, 2.75) is 29.9 Å². The third kappa shape index (κ3) is 4.14. The average molecular weight is 346 g/mol. The van der Waals surface area contributed by atoms with Gasteiger partial charge >= 0.3 is 0 Å². The van der Waals surface area contributed by atoms with Gasteiger partial charge in [0, 0.05) is 34.7 Å². The lowest BCUT2D eigenvalue weighted by Crippen LogP contribution is -2.35. The minimum atomic E-state index is -3.49. The first-order chi connectivity index (χ1) is 9.85. The summed E-state index contributed by atoms with van der Waals surface area (Å²) in [5, 5.41) is 10.9. The number of aliphatic hydroxyl groups excluding tert-OH is 1. The molecule has 0 saturated heterocycles. The van der Waals surface area contributed by atoms with Crippen LogP contribution in [-0.2, 0) is 21.9 Å². The molecule has 2 N–H and O–H groups in total. The minimum absolute atomic E-state index is 0.0266. The van der Waals surface area contributed by atoms with Crippen LogP contribution in [0.1, 0.15) is 23.6 Å². The number of sulfonamides is 1. The van der Waals surface area contributed by atoms with E-state index in [2.05, 4.69) is 4.72 Å². The van der Waals surface area contributed by atoms with Crippen molar-refractivity contribution in [3.05, 3.63) is 39.4 Å². The lowest BCUT2D eigenvalue weighted by molar-refractivity contribution is 0.300. The second kappa shape index (κ2) is 6.58. The zero-order valence-corrected chi connectivity index (χ0v) is 14.4. The van der Waals surface area contributed by atoms with Gasteiger partial charge in [0.25, 0.3) is 0 Å². The fourth-order valence-corrected chi connectivity index (χ4v) is 5.30. The number of nitrogens with one attached hydrogen (secondary N) is 1. The van der Waals surface area contributed by atoms with Gasteiger partial charge in [-0.1, -0.05) is 19.9 Å². The summed E-state index contributed by atoms with van der Waals surface area (Å²) < 4.78 is 27.6. The van der Waals surface area contributed by atoms with E-state index >= 15 is 0 Å². The molecule has 2 heterocycles. The Balaban J connectivity index is 2.07. The molecule has 0 fully saturated rings. The summed E-state index contributed by atoms with van der Waals surface area (Å²) >= 11 is 2.83. The Labute approximate surface area is 133 Å². The number of aliphatic hydroxyl groups is 1. The van der Waals surface area contributed by atoms with Crippen LogP contribution in [0.5, 0.6) is 0 Å². The third-order valence-corrected chi connectivity index (χ3v) is 7.43. The van der Waals surface area contributed by atoms with Crippen LogP contribution in [0.15, 0.2) is 33.9 Å². The van der Waals surface area contributed by atoms with Crippen molar-refractivity contribution in [3.63, 3.8) is 0 Å². The van der Waals surface area contributed by atoms with Gasteiger partial charge in [0.05, 0.1) is 0 Å². The Morgan fingerprint density at radius 3 is 2.67 bits per heavy atom. The third-order valence-electron chi connectivity index (χ3n) is 3.15. The molecule has 0 amide bonds. The normalized spacial score (nSPS) is 12.7. The molecular weight excluding hydrogens is 326 g/mol. The highest BCUT2D eigenvalue weighted by atomic mass is 32.2. The zero-order chi connectivity index (χ0) is 15.5. The molecule has 116 valence electrons. The van der Waals surface area contributed by atoms with Crippen LogP contribution < -0.4 is 4.72 Å². The van der Waals surface area contributed by atoms with E-state index in [1.807, 2.05) is 31.4 Å². The summed E-state index contributed by atoms with van der Waals surface area (Å²) in [6, 6.07) is 7.33. The molecule has 0 bridgehead atoms. The van der Waals surface area contributed by atoms with Crippen molar-refractivity contribution in [2.75, 3.05) is 13.2 Å². The zero-order valence-electron chi connectivity index (χ0n) is 12.0. The van der Waals surface area contributed by atoms with Crippen molar-refractivity contribution >= 4 is 32.7 Å². The Bertz CT molecular complexity index is 672. The van der Waals surface area contributed by atoms with Crippen molar-refractivity contribution < 1.29 is 13.5 Å². The van der Waals surface area contributed by atoms with Gasteiger partial charge in [-0.05, 0) is 23.6 Å². The monoisotopic (exact) mass is 345 g/mol.